The second-order valence-electron chi connectivity index (χ2n) is 4.35. The summed E-state index contributed by atoms with van der Waals surface area (Å²) in [6.45, 7) is 4.83. The number of rotatable bonds is 3. The Morgan fingerprint density at radius 2 is 2.20 bits per heavy atom. The summed E-state index contributed by atoms with van der Waals surface area (Å²) < 4.78 is 2.06. The minimum absolute atomic E-state index is 0.699. The standard InChI is InChI=1S/C14H13BrN4S/c1-3-16-14-12(15)8(2)18-13(19-14)9-6-11-10(17-7-9)4-5-20-11/h4-7H,3H2,1-2H3,(H,16,18,19). The molecule has 3 heterocycles. The van der Waals surface area contributed by atoms with Gasteiger partial charge in [0.1, 0.15) is 5.82 Å². The molecule has 0 bridgehead atoms. The van der Waals surface area contributed by atoms with E-state index in [1.165, 1.54) is 0 Å². The van der Waals surface area contributed by atoms with Gasteiger partial charge in [0, 0.05) is 18.3 Å². The Morgan fingerprint density at radius 1 is 1.35 bits per heavy atom. The van der Waals surface area contributed by atoms with Gasteiger partial charge in [0.2, 0.25) is 0 Å². The molecule has 4 nitrogen and oxygen atoms in total. The van der Waals surface area contributed by atoms with Crippen molar-refractivity contribution in [2.45, 2.75) is 13.8 Å². The fraction of sp³-hybridized carbons (Fsp3) is 0.214. The van der Waals surface area contributed by atoms with Crippen LogP contribution in [0.3, 0.4) is 0 Å². The minimum atomic E-state index is 0.699. The van der Waals surface area contributed by atoms with E-state index in [1.54, 1.807) is 11.3 Å². The van der Waals surface area contributed by atoms with Crippen LogP contribution in [0.2, 0.25) is 0 Å². The van der Waals surface area contributed by atoms with Crippen molar-refractivity contribution in [3.8, 4) is 11.4 Å². The fourth-order valence-electron chi connectivity index (χ4n) is 1.94. The Bertz CT molecular complexity index is 769. The first-order chi connectivity index (χ1) is 9.69. The molecule has 1 N–H and O–H groups in total. The maximum atomic E-state index is 4.58. The number of nitrogens with zero attached hydrogens (tertiary/aromatic N) is 3. The molecule has 3 rings (SSSR count). The van der Waals surface area contributed by atoms with E-state index < -0.39 is 0 Å². The first-order valence-corrected chi connectivity index (χ1v) is 7.98. The van der Waals surface area contributed by atoms with E-state index in [4.69, 9.17) is 0 Å². The van der Waals surface area contributed by atoms with Crippen molar-refractivity contribution in [1.29, 1.82) is 0 Å². The maximum Gasteiger partial charge on any atom is 0.163 e. The quantitative estimate of drug-likeness (QED) is 0.768. The monoisotopic (exact) mass is 348 g/mol. The molecule has 0 atom stereocenters. The first kappa shape index (κ1) is 13.5. The Kier molecular flexibility index (Phi) is 3.67. The molecule has 6 heteroatoms. The van der Waals surface area contributed by atoms with Gasteiger partial charge in [-0.3, -0.25) is 4.98 Å². The van der Waals surface area contributed by atoms with Crippen LogP contribution in [0.5, 0.6) is 0 Å². The zero-order valence-electron chi connectivity index (χ0n) is 11.1. The number of thiophene rings is 1. The SMILES string of the molecule is CCNc1nc(-c2cnc3ccsc3c2)nc(C)c1Br. The Balaban J connectivity index is 2.12. The Labute approximate surface area is 129 Å². The lowest BCUT2D eigenvalue weighted by molar-refractivity contribution is 1.06. The Morgan fingerprint density at radius 3 is 3.00 bits per heavy atom. The van der Waals surface area contributed by atoms with Crippen LogP contribution in [0, 0.1) is 6.92 Å². The predicted molar refractivity (Wildman–Crippen MR) is 87.2 cm³/mol. The smallest absolute Gasteiger partial charge is 0.163 e. The van der Waals surface area contributed by atoms with E-state index in [2.05, 4.69) is 42.3 Å². The van der Waals surface area contributed by atoms with E-state index in [0.717, 1.165) is 38.3 Å². The fourth-order valence-corrected chi connectivity index (χ4v) is 3.04. The summed E-state index contributed by atoms with van der Waals surface area (Å²) in [4.78, 5) is 13.6. The van der Waals surface area contributed by atoms with Gasteiger partial charge < -0.3 is 5.32 Å². The number of halogens is 1. The van der Waals surface area contributed by atoms with Crippen LogP contribution < -0.4 is 5.32 Å². The molecule has 0 saturated carbocycles. The van der Waals surface area contributed by atoms with Crippen molar-refractivity contribution in [1.82, 2.24) is 15.0 Å². The molecule has 3 aromatic rings. The van der Waals surface area contributed by atoms with E-state index in [-0.39, 0.29) is 0 Å². The number of anilines is 1. The maximum absolute atomic E-state index is 4.58. The highest BCUT2D eigenvalue weighted by Crippen LogP contribution is 2.28. The number of nitrogens with one attached hydrogen (secondary N) is 1. The Hall–Kier alpha value is -1.53. The molecule has 20 heavy (non-hydrogen) atoms. The van der Waals surface area contributed by atoms with Crippen molar-refractivity contribution >= 4 is 43.3 Å². The summed E-state index contributed by atoms with van der Waals surface area (Å²) in [6, 6.07) is 4.10. The van der Waals surface area contributed by atoms with E-state index in [1.807, 2.05) is 31.5 Å². The lowest BCUT2D eigenvalue weighted by Crippen LogP contribution is -2.04. The van der Waals surface area contributed by atoms with Crippen LogP contribution in [0.4, 0.5) is 5.82 Å². The summed E-state index contributed by atoms with van der Waals surface area (Å²) >= 11 is 5.20. The van der Waals surface area contributed by atoms with Crippen LogP contribution in [0.15, 0.2) is 28.2 Å². The number of fused-ring (bicyclic) bond motifs is 1. The van der Waals surface area contributed by atoms with E-state index >= 15 is 0 Å². The van der Waals surface area contributed by atoms with Crippen LogP contribution in [-0.2, 0) is 0 Å². The topological polar surface area (TPSA) is 50.7 Å². The molecule has 0 aliphatic rings. The lowest BCUT2D eigenvalue weighted by Gasteiger charge is -2.10. The van der Waals surface area contributed by atoms with Gasteiger partial charge in [0.15, 0.2) is 5.82 Å². The van der Waals surface area contributed by atoms with Crippen LogP contribution in [-0.4, -0.2) is 21.5 Å². The van der Waals surface area contributed by atoms with E-state index in [0.29, 0.717) is 5.82 Å². The molecule has 0 aliphatic carbocycles. The predicted octanol–water partition coefficient (Wildman–Crippen LogP) is 4.26. The molecule has 0 saturated heterocycles. The van der Waals surface area contributed by atoms with Crippen molar-refractivity contribution in [3.63, 3.8) is 0 Å². The lowest BCUT2D eigenvalue weighted by atomic mass is 10.2. The first-order valence-electron chi connectivity index (χ1n) is 6.30. The van der Waals surface area contributed by atoms with Crippen molar-refractivity contribution in [2.75, 3.05) is 11.9 Å². The summed E-state index contributed by atoms with van der Waals surface area (Å²) in [7, 11) is 0. The minimum Gasteiger partial charge on any atom is -0.369 e. The van der Waals surface area contributed by atoms with Crippen LogP contribution in [0.25, 0.3) is 21.6 Å². The van der Waals surface area contributed by atoms with Crippen LogP contribution >= 0.6 is 27.3 Å². The molecular formula is C14H13BrN4S. The molecule has 3 aromatic heterocycles. The van der Waals surface area contributed by atoms with E-state index in [9.17, 15) is 0 Å². The van der Waals surface area contributed by atoms with Crippen molar-refractivity contribution < 1.29 is 0 Å². The molecule has 0 radical (unpaired) electrons. The summed E-state index contributed by atoms with van der Waals surface area (Å²) in [5.74, 6) is 1.52. The third-order valence-corrected chi connectivity index (χ3v) is 4.72. The van der Waals surface area contributed by atoms with Gasteiger partial charge in [0.05, 0.1) is 20.4 Å². The molecule has 0 fully saturated rings. The summed E-state index contributed by atoms with van der Waals surface area (Å²) in [5.41, 5.74) is 2.87. The average Bonchev–Trinajstić information content (AvgIpc) is 2.91. The molecule has 0 aromatic carbocycles. The zero-order valence-corrected chi connectivity index (χ0v) is 13.5. The van der Waals surface area contributed by atoms with Crippen molar-refractivity contribution in [3.05, 3.63) is 33.9 Å². The number of aromatic nitrogens is 3. The van der Waals surface area contributed by atoms with Gasteiger partial charge >= 0.3 is 0 Å². The molecular weight excluding hydrogens is 336 g/mol. The highest BCUT2D eigenvalue weighted by Gasteiger charge is 2.11. The van der Waals surface area contributed by atoms with Gasteiger partial charge in [-0.1, -0.05) is 0 Å². The third kappa shape index (κ3) is 2.41. The summed E-state index contributed by atoms with van der Waals surface area (Å²) in [5, 5.41) is 5.28. The number of hydrogen-bond donors (Lipinski definition) is 1. The average molecular weight is 349 g/mol. The van der Waals surface area contributed by atoms with Gasteiger partial charge in [-0.15, -0.1) is 11.3 Å². The highest BCUT2D eigenvalue weighted by atomic mass is 79.9. The second-order valence-corrected chi connectivity index (χ2v) is 6.09. The van der Waals surface area contributed by atoms with Gasteiger partial charge in [-0.05, 0) is 47.3 Å². The van der Waals surface area contributed by atoms with Crippen molar-refractivity contribution in [2.24, 2.45) is 0 Å². The zero-order chi connectivity index (χ0) is 14.1. The van der Waals surface area contributed by atoms with Crippen LogP contribution in [0.1, 0.15) is 12.6 Å². The molecule has 102 valence electrons. The number of pyridine rings is 1. The largest absolute Gasteiger partial charge is 0.369 e. The number of hydrogen-bond acceptors (Lipinski definition) is 5. The molecule has 0 aliphatic heterocycles. The van der Waals surface area contributed by atoms with Gasteiger partial charge in [-0.25, -0.2) is 9.97 Å². The van der Waals surface area contributed by atoms with Gasteiger partial charge in [-0.2, -0.15) is 0 Å². The molecule has 0 amide bonds. The second kappa shape index (κ2) is 5.46. The molecule has 0 spiro atoms. The van der Waals surface area contributed by atoms with Gasteiger partial charge in [0.25, 0.3) is 0 Å². The third-order valence-electron chi connectivity index (χ3n) is 2.92. The number of aryl methyl sites for hydroxylation is 1. The highest BCUT2D eigenvalue weighted by molar-refractivity contribution is 9.10. The molecule has 0 unspecified atom stereocenters. The normalized spacial score (nSPS) is 10.9. The summed E-state index contributed by atoms with van der Waals surface area (Å²) in [6.07, 6.45) is 1.83.